The maximum absolute atomic E-state index is 12.2. The second-order valence-electron chi connectivity index (χ2n) is 6.35. The fraction of sp³-hybridized carbons (Fsp3) is 0.450. The lowest BCUT2D eigenvalue weighted by molar-refractivity contribution is 0.141. The molecule has 2 aromatic heterocycles. The van der Waals surface area contributed by atoms with E-state index < -0.39 is 8.15 Å². The highest BCUT2D eigenvalue weighted by atomic mass is 31.1. The molecular weight excluding hydrogens is 405 g/mol. The second kappa shape index (κ2) is 13.7. The maximum Gasteiger partial charge on any atom is 0.328 e. The van der Waals surface area contributed by atoms with E-state index in [4.69, 9.17) is 20.1 Å². The van der Waals surface area contributed by atoms with Crippen molar-refractivity contribution in [3.63, 3.8) is 0 Å². The van der Waals surface area contributed by atoms with Gasteiger partial charge in [-0.25, -0.2) is 4.79 Å². The van der Waals surface area contributed by atoms with Gasteiger partial charge in [0.05, 0.1) is 13.2 Å². The average Bonchev–Trinajstić information content (AvgIpc) is 3.02. The van der Waals surface area contributed by atoms with Crippen LogP contribution in [0.3, 0.4) is 0 Å². The molecule has 0 aromatic carbocycles. The SMILES string of the molecule is CCP(C)O.C\C=C/C=C\C=C(/C)Cn1c(=O)[nH]c2c(N)nc(OCCOC)nc21. The number of rotatable bonds is 9. The standard InChI is InChI=1S/C17H23N5O3.C3H9OP/c1-4-5-6-7-8-12(2)11-22-15-13(19-17(22)23)14(18)20-16(21-15)25-10-9-24-3;1-3-5(2)4/h4-8H,9-11H2,1-3H3,(H,19,23)(H2,18,20,21);4H,3H2,1-2H3/b5-4-,7-6-,12-8+;. The molecule has 30 heavy (non-hydrogen) atoms. The number of anilines is 1. The summed E-state index contributed by atoms with van der Waals surface area (Å²) >= 11 is 0. The summed E-state index contributed by atoms with van der Waals surface area (Å²) in [6.07, 6.45) is 10.6. The molecule has 0 saturated heterocycles. The molecule has 0 fully saturated rings. The Morgan fingerprint density at radius 3 is 2.60 bits per heavy atom. The van der Waals surface area contributed by atoms with E-state index in [0.717, 1.165) is 11.7 Å². The highest BCUT2D eigenvalue weighted by Gasteiger charge is 2.14. The number of aromatic amines is 1. The van der Waals surface area contributed by atoms with E-state index in [0.29, 0.717) is 30.9 Å². The summed E-state index contributed by atoms with van der Waals surface area (Å²) in [5.74, 6) is 0.169. The molecule has 1 unspecified atom stereocenters. The van der Waals surface area contributed by atoms with Gasteiger partial charge in [-0.05, 0) is 26.7 Å². The highest BCUT2D eigenvalue weighted by molar-refractivity contribution is 7.50. The van der Waals surface area contributed by atoms with E-state index in [9.17, 15) is 4.79 Å². The van der Waals surface area contributed by atoms with Gasteiger partial charge in [-0.15, -0.1) is 0 Å². The van der Waals surface area contributed by atoms with Crippen LogP contribution in [0.15, 0.2) is 40.7 Å². The number of allylic oxidation sites excluding steroid dienone is 6. The van der Waals surface area contributed by atoms with Gasteiger partial charge in [0, 0.05) is 15.3 Å². The minimum absolute atomic E-state index is 0.115. The summed E-state index contributed by atoms with van der Waals surface area (Å²) in [5, 5.41) is 0. The minimum atomic E-state index is -0.598. The Kier molecular flexibility index (Phi) is 11.7. The Morgan fingerprint density at radius 2 is 2.00 bits per heavy atom. The van der Waals surface area contributed by atoms with Crippen LogP contribution in [0.4, 0.5) is 5.82 Å². The lowest BCUT2D eigenvalue weighted by Crippen LogP contribution is -2.17. The summed E-state index contributed by atoms with van der Waals surface area (Å²) in [4.78, 5) is 31.7. The Morgan fingerprint density at radius 1 is 1.30 bits per heavy atom. The molecule has 0 radical (unpaired) electrons. The number of nitrogens with zero attached hydrogens (tertiary/aromatic N) is 3. The van der Waals surface area contributed by atoms with Crippen molar-refractivity contribution in [2.75, 3.05) is 38.9 Å². The van der Waals surface area contributed by atoms with Crippen molar-refractivity contribution in [3.8, 4) is 6.01 Å². The molecule has 9 nitrogen and oxygen atoms in total. The number of imidazole rings is 1. The maximum atomic E-state index is 12.2. The Labute approximate surface area is 178 Å². The monoisotopic (exact) mass is 437 g/mol. The zero-order chi connectivity index (χ0) is 22.5. The molecule has 166 valence electrons. The molecule has 10 heteroatoms. The van der Waals surface area contributed by atoms with Gasteiger partial charge in [0.1, 0.15) is 12.1 Å². The van der Waals surface area contributed by atoms with Gasteiger partial charge < -0.3 is 25.1 Å². The molecule has 4 N–H and O–H groups in total. The van der Waals surface area contributed by atoms with Gasteiger partial charge in [-0.3, -0.25) is 4.57 Å². The molecule has 1 atom stereocenters. The van der Waals surface area contributed by atoms with Gasteiger partial charge in [0.15, 0.2) is 11.5 Å². The molecule has 2 rings (SSSR count). The normalized spacial score (nSPS) is 13.1. The van der Waals surface area contributed by atoms with E-state index in [2.05, 4.69) is 15.0 Å². The van der Waals surface area contributed by atoms with Crippen LogP contribution >= 0.6 is 8.15 Å². The number of hydrogen-bond donors (Lipinski definition) is 3. The summed E-state index contributed by atoms with van der Waals surface area (Å²) < 4.78 is 11.8. The number of methoxy groups -OCH3 is 1. The van der Waals surface area contributed by atoms with Gasteiger partial charge in [0.2, 0.25) is 0 Å². The Hall–Kier alpha value is -2.48. The third kappa shape index (κ3) is 8.49. The first-order valence-electron chi connectivity index (χ1n) is 9.56. The van der Waals surface area contributed by atoms with Crippen LogP contribution in [0.5, 0.6) is 6.01 Å². The molecule has 0 amide bonds. The predicted octanol–water partition coefficient (Wildman–Crippen LogP) is 2.83. The van der Waals surface area contributed by atoms with Gasteiger partial charge in [-0.2, -0.15) is 9.97 Å². The third-order valence-electron chi connectivity index (χ3n) is 3.81. The topological polar surface area (TPSA) is 128 Å². The van der Waals surface area contributed by atoms with Crippen molar-refractivity contribution in [1.82, 2.24) is 19.5 Å². The Balaban J connectivity index is 0.000000804. The first-order valence-corrected chi connectivity index (χ1v) is 11.5. The largest absolute Gasteiger partial charge is 0.461 e. The molecular formula is C20H32N5O4P. The number of aromatic nitrogens is 4. The van der Waals surface area contributed by atoms with Crippen LogP contribution < -0.4 is 16.2 Å². The number of hydrogen-bond acceptors (Lipinski definition) is 7. The number of fused-ring (bicyclic) bond motifs is 1. The molecule has 2 aromatic rings. The van der Waals surface area contributed by atoms with Gasteiger partial charge in [-0.1, -0.05) is 42.9 Å². The van der Waals surface area contributed by atoms with Crippen LogP contribution in [-0.2, 0) is 11.3 Å². The molecule has 0 saturated carbocycles. The van der Waals surface area contributed by atoms with Crippen LogP contribution in [0.25, 0.3) is 11.2 Å². The predicted molar refractivity (Wildman–Crippen MR) is 123 cm³/mol. The summed E-state index contributed by atoms with van der Waals surface area (Å²) in [7, 11) is 0.977. The van der Waals surface area contributed by atoms with Crippen LogP contribution in [0.2, 0.25) is 0 Å². The van der Waals surface area contributed by atoms with Gasteiger partial charge >= 0.3 is 11.7 Å². The quantitative estimate of drug-likeness (QED) is 0.313. The molecule has 0 aliphatic rings. The fourth-order valence-electron chi connectivity index (χ4n) is 2.16. The molecule has 0 spiro atoms. The molecule has 0 aliphatic heterocycles. The number of nitrogen functional groups attached to an aromatic ring is 1. The number of H-pyrrole nitrogens is 1. The fourth-order valence-corrected chi connectivity index (χ4v) is 2.16. The van der Waals surface area contributed by atoms with Crippen LogP contribution in [-0.4, -0.2) is 57.6 Å². The van der Waals surface area contributed by atoms with Crippen molar-refractivity contribution in [1.29, 1.82) is 0 Å². The molecule has 0 aliphatic carbocycles. The van der Waals surface area contributed by atoms with Crippen molar-refractivity contribution < 1.29 is 14.4 Å². The van der Waals surface area contributed by atoms with Crippen LogP contribution in [0.1, 0.15) is 20.8 Å². The van der Waals surface area contributed by atoms with Gasteiger partial charge in [0.25, 0.3) is 0 Å². The minimum Gasteiger partial charge on any atom is -0.461 e. The lowest BCUT2D eigenvalue weighted by Gasteiger charge is -2.06. The highest BCUT2D eigenvalue weighted by Crippen LogP contribution is 2.20. The summed E-state index contributed by atoms with van der Waals surface area (Å²) in [5.41, 5.74) is 7.42. The lowest BCUT2D eigenvalue weighted by atomic mass is 10.2. The number of ether oxygens (including phenoxy) is 2. The molecule has 2 heterocycles. The average molecular weight is 437 g/mol. The second-order valence-corrected chi connectivity index (χ2v) is 8.29. The summed E-state index contributed by atoms with van der Waals surface area (Å²) in [6.45, 7) is 8.79. The van der Waals surface area contributed by atoms with E-state index in [1.165, 1.54) is 4.57 Å². The van der Waals surface area contributed by atoms with E-state index in [1.54, 1.807) is 7.11 Å². The number of nitrogens with two attached hydrogens (primary N) is 1. The van der Waals surface area contributed by atoms with E-state index in [-0.39, 0.29) is 17.5 Å². The van der Waals surface area contributed by atoms with E-state index in [1.807, 2.05) is 57.8 Å². The number of nitrogens with one attached hydrogen (secondary N) is 1. The van der Waals surface area contributed by atoms with Crippen molar-refractivity contribution in [2.24, 2.45) is 0 Å². The summed E-state index contributed by atoms with van der Waals surface area (Å²) in [6, 6.07) is 0.115. The van der Waals surface area contributed by atoms with Crippen molar-refractivity contribution >= 4 is 25.1 Å². The zero-order valence-corrected chi connectivity index (χ0v) is 19.1. The Bertz CT molecular complexity index is 931. The van der Waals surface area contributed by atoms with Crippen molar-refractivity contribution in [3.05, 3.63) is 46.4 Å². The van der Waals surface area contributed by atoms with Crippen molar-refractivity contribution in [2.45, 2.75) is 27.3 Å². The zero-order valence-electron chi connectivity index (χ0n) is 18.3. The smallest absolute Gasteiger partial charge is 0.328 e. The van der Waals surface area contributed by atoms with Crippen LogP contribution in [0, 0.1) is 0 Å². The first-order chi connectivity index (χ1) is 14.3. The first kappa shape index (κ1) is 25.6. The molecule has 0 bridgehead atoms. The third-order valence-corrected chi connectivity index (χ3v) is 4.72. The van der Waals surface area contributed by atoms with E-state index >= 15 is 0 Å².